The van der Waals surface area contributed by atoms with Crippen molar-refractivity contribution >= 4 is 80.7 Å². The molecule has 0 spiro atoms. The number of ether oxygens (including phenoxy) is 1. The van der Waals surface area contributed by atoms with Gasteiger partial charge in [0.25, 0.3) is 0 Å². The molecule has 1 atom stereocenters. The fourth-order valence-corrected chi connectivity index (χ4v) is 12.7. The van der Waals surface area contributed by atoms with Crippen LogP contribution in [0.1, 0.15) is 47.4 Å². The lowest BCUT2D eigenvalue weighted by molar-refractivity contribution is 0.436. The molecule has 0 fully saturated rings. The highest BCUT2D eigenvalue weighted by Gasteiger charge is 2.44. The second-order valence-electron chi connectivity index (χ2n) is 16.6. The maximum atomic E-state index is 7.26. The summed E-state index contributed by atoms with van der Waals surface area (Å²) in [5.74, 6) is 2.18. The summed E-state index contributed by atoms with van der Waals surface area (Å²) in [7, 11) is 0. The first-order chi connectivity index (χ1) is 29.0. The summed E-state index contributed by atoms with van der Waals surface area (Å²) < 4.78 is 11.3. The monoisotopic (exact) mass is 795 g/mol. The van der Waals surface area contributed by atoms with Crippen LogP contribution in [-0.4, -0.2) is 6.54 Å². The van der Waals surface area contributed by atoms with Gasteiger partial charge >= 0.3 is 0 Å². The summed E-state index contributed by atoms with van der Waals surface area (Å²) in [6.07, 6.45) is 17.5. The topological polar surface area (TPSA) is 12.5 Å². The third kappa shape index (κ3) is 5.23. The average Bonchev–Trinajstić information content (AvgIpc) is 3.52. The Bertz CT molecular complexity index is 3290. The lowest BCUT2D eigenvalue weighted by Crippen LogP contribution is -2.24. The first-order valence-corrected chi connectivity index (χ1v) is 22.3. The Hall–Kier alpha value is -6.20. The molecule has 8 aromatic rings. The lowest BCUT2D eigenvalue weighted by Gasteiger charge is -2.31. The predicted octanol–water partition coefficient (Wildman–Crippen LogP) is 15.2. The van der Waals surface area contributed by atoms with E-state index in [0.717, 1.165) is 30.9 Å². The summed E-state index contributed by atoms with van der Waals surface area (Å²) in [5.41, 5.74) is 12.6. The highest BCUT2D eigenvalue weighted by Crippen LogP contribution is 2.59. The second kappa shape index (κ2) is 13.2. The number of hydrogen-bond acceptors (Lipinski definition) is 4. The SMILES string of the molecule is C=C/C=C\CN(C1=CCCc2sc3ccccc3c21)c1ccc2c(c1)C(C)(C)c1c-2c(OC2=C3C(c4cccc5c4sc4ccccc45)=CC=CC23)cc2ccccc12. The summed E-state index contributed by atoms with van der Waals surface area (Å²) in [6, 6.07) is 42.7. The Morgan fingerprint density at radius 2 is 1.58 bits per heavy atom. The highest BCUT2D eigenvalue weighted by atomic mass is 32.1. The molecule has 2 aromatic heterocycles. The van der Waals surface area contributed by atoms with Crippen molar-refractivity contribution in [2.24, 2.45) is 5.92 Å². The molecule has 6 aromatic carbocycles. The number of anilines is 1. The first-order valence-electron chi connectivity index (χ1n) is 20.7. The molecular weight excluding hydrogens is 755 g/mol. The zero-order valence-corrected chi connectivity index (χ0v) is 34.7. The molecule has 2 nitrogen and oxygen atoms in total. The minimum Gasteiger partial charge on any atom is -0.460 e. The van der Waals surface area contributed by atoms with E-state index in [-0.39, 0.29) is 11.3 Å². The fraction of sp³-hybridized carbons (Fsp3) is 0.127. The van der Waals surface area contributed by atoms with Crippen LogP contribution >= 0.6 is 22.7 Å². The van der Waals surface area contributed by atoms with Crippen molar-refractivity contribution < 1.29 is 4.74 Å². The standard InChI is InChI=1S/C55H41NOS2/c1-4-5-12-30-56(44-24-15-27-48-50(44)41-19-9-11-26-47(41)58-48)34-28-29-40-43(32-34)55(2,3)52-35-17-7-6-16-33(35)31-45(51(40)52)57-53-42-23-13-20-37(49(42)53)39-22-14-21-38-36-18-8-10-25-46(36)59-54(38)39/h4-14,16-26,28-29,31-32,42H,1,15,27,30H2,2-3H3/b12-5-. The van der Waals surface area contributed by atoms with Crippen LogP contribution in [0.15, 0.2) is 176 Å². The van der Waals surface area contributed by atoms with Crippen LogP contribution in [0.3, 0.4) is 0 Å². The molecule has 4 aliphatic carbocycles. The van der Waals surface area contributed by atoms with Gasteiger partial charge in [-0.2, -0.15) is 0 Å². The van der Waals surface area contributed by atoms with E-state index in [2.05, 4.69) is 177 Å². The van der Waals surface area contributed by atoms with Gasteiger partial charge < -0.3 is 9.64 Å². The molecule has 59 heavy (non-hydrogen) atoms. The number of allylic oxidation sites excluding steroid dienone is 8. The van der Waals surface area contributed by atoms with Crippen molar-refractivity contribution in [2.45, 2.75) is 32.1 Å². The van der Waals surface area contributed by atoms with E-state index in [4.69, 9.17) is 4.74 Å². The van der Waals surface area contributed by atoms with Gasteiger partial charge in [-0.3, -0.25) is 0 Å². The number of aryl methyl sites for hydroxylation is 1. The Morgan fingerprint density at radius 1 is 0.797 bits per heavy atom. The van der Waals surface area contributed by atoms with Crippen molar-refractivity contribution in [1.29, 1.82) is 0 Å². The van der Waals surface area contributed by atoms with Crippen molar-refractivity contribution in [2.75, 3.05) is 11.4 Å². The van der Waals surface area contributed by atoms with Gasteiger partial charge in [-0.1, -0.05) is 148 Å². The third-order valence-electron chi connectivity index (χ3n) is 12.9. The maximum absolute atomic E-state index is 7.26. The number of hydrogen-bond donors (Lipinski definition) is 0. The van der Waals surface area contributed by atoms with Crippen LogP contribution < -0.4 is 9.64 Å². The number of benzene rings is 6. The largest absolute Gasteiger partial charge is 0.460 e. The van der Waals surface area contributed by atoms with E-state index in [0.29, 0.717) is 0 Å². The van der Waals surface area contributed by atoms with Crippen LogP contribution in [0.5, 0.6) is 5.75 Å². The molecule has 0 radical (unpaired) electrons. The smallest absolute Gasteiger partial charge is 0.135 e. The molecule has 0 saturated carbocycles. The highest BCUT2D eigenvalue weighted by molar-refractivity contribution is 7.26. The summed E-state index contributed by atoms with van der Waals surface area (Å²) in [5, 5.41) is 6.49. The summed E-state index contributed by atoms with van der Waals surface area (Å²) >= 11 is 3.84. The van der Waals surface area contributed by atoms with Crippen LogP contribution in [0, 0.1) is 5.92 Å². The van der Waals surface area contributed by atoms with Gasteiger partial charge in [-0.05, 0) is 81.8 Å². The second-order valence-corrected chi connectivity index (χ2v) is 18.8. The van der Waals surface area contributed by atoms with Gasteiger partial charge in [0.15, 0.2) is 0 Å². The van der Waals surface area contributed by atoms with Gasteiger partial charge in [0.2, 0.25) is 0 Å². The molecule has 0 amide bonds. The third-order valence-corrected chi connectivity index (χ3v) is 15.4. The maximum Gasteiger partial charge on any atom is 0.135 e. The van der Waals surface area contributed by atoms with E-state index in [9.17, 15) is 0 Å². The molecular formula is C55H41NOS2. The molecule has 0 N–H and O–H groups in total. The zero-order valence-electron chi connectivity index (χ0n) is 33.1. The molecule has 284 valence electrons. The van der Waals surface area contributed by atoms with Crippen LogP contribution in [-0.2, 0) is 11.8 Å². The van der Waals surface area contributed by atoms with E-state index in [1.165, 1.54) is 102 Å². The Balaban J connectivity index is 0.981. The predicted molar refractivity (Wildman–Crippen MR) is 254 cm³/mol. The van der Waals surface area contributed by atoms with Gasteiger partial charge in [0.05, 0.1) is 5.92 Å². The summed E-state index contributed by atoms with van der Waals surface area (Å²) in [4.78, 5) is 4.00. The number of thiophene rings is 2. The van der Waals surface area contributed by atoms with Crippen LogP contribution in [0.2, 0.25) is 0 Å². The van der Waals surface area contributed by atoms with Gasteiger partial charge in [-0.15, -0.1) is 22.7 Å². The van der Waals surface area contributed by atoms with E-state index in [1.807, 2.05) is 28.7 Å². The summed E-state index contributed by atoms with van der Waals surface area (Å²) in [6.45, 7) is 9.54. The molecule has 12 rings (SSSR count). The molecule has 0 aliphatic heterocycles. The lowest BCUT2D eigenvalue weighted by atomic mass is 9.80. The quantitative estimate of drug-likeness (QED) is 0.142. The van der Waals surface area contributed by atoms with Crippen LogP contribution in [0.25, 0.3) is 63.4 Å². The fourth-order valence-electron chi connectivity index (χ4n) is 10.2. The average molecular weight is 796 g/mol. The van der Waals surface area contributed by atoms with Crippen molar-refractivity contribution in [3.05, 3.63) is 203 Å². The van der Waals surface area contributed by atoms with Gasteiger partial charge in [-0.25, -0.2) is 0 Å². The molecule has 0 saturated heterocycles. The molecule has 4 aliphatic rings. The molecule has 2 heterocycles. The zero-order chi connectivity index (χ0) is 39.4. The van der Waals surface area contributed by atoms with Crippen molar-refractivity contribution in [1.82, 2.24) is 0 Å². The Morgan fingerprint density at radius 3 is 2.44 bits per heavy atom. The van der Waals surface area contributed by atoms with Gasteiger partial charge in [0.1, 0.15) is 11.5 Å². The number of rotatable bonds is 8. The number of fused-ring (bicyclic) bond motifs is 12. The molecule has 4 heteroatoms. The Labute approximate surface area is 352 Å². The van der Waals surface area contributed by atoms with E-state index < -0.39 is 0 Å². The molecule has 0 bridgehead atoms. The van der Waals surface area contributed by atoms with Crippen LogP contribution in [0.4, 0.5) is 5.69 Å². The van der Waals surface area contributed by atoms with Crippen molar-refractivity contribution in [3.63, 3.8) is 0 Å². The van der Waals surface area contributed by atoms with E-state index in [1.54, 1.807) is 0 Å². The normalized spacial score (nSPS) is 17.3. The van der Waals surface area contributed by atoms with E-state index >= 15 is 0 Å². The first kappa shape index (κ1) is 34.8. The Kier molecular flexibility index (Phi) is 7.76. The number of nitrogens with zero attached hydrogens (tertiary/aromatic N) is 1. The molecule has 1 unspecified atom stereocenters. The minimum atomic E-state index is -0.265. The van der Waals surface area contributed by atoms with Crippen molar-refractivity contribution in [3.8, 4) is 16.9 Å². The van der Waals surface area contributed by atoms with Gasteiger partial charge in [0, 0.05) is 75.2 Å². The minimum absolute atomic E-state index is 0.178.